The average molecular weight is 314 g/mol. The molecule has 5 nitrogen and oxygen atoms in total. The van der Waals surface area contributed by atoms with E-state index < -0.39 is 17.8 Å². The lowest BCUT2D eigenvalue weighted by atomic mass is 10.1. The monoisotopic (exact) mass is 314 g/mol. The molecule has 1 heterocycles. The Morgan fingerprint density at radius 3 is 2.29 bits per heavy atom. The number of nitrogens with two attached hydrogens (primary N) is 1. The highest BCUT2D eigenvalue weighted by atomic mass is 32.1. The number of aromatic amines is 1. The van der Waals surface area contributed by atoms with Crippen molar-refractivity contribution in [1.29, 1.82) is 0 Å². The zero-order valence-corrected chi connectivity index (χ0v) is 11.2. The maximum atomic E-state index is 12.4. The molecule has 0 saturated carbocycles. The van der Waals surface area contributed by atoms with Crippen molar-refractivity contribution in [2.24, 2.45) is 5.73 Å². The van der Waals surface area contributed by atoms with E-state index in [4.69, 9.17) is 18.0 Å². The molecule has 0 aliphatic carbocycles. The van der Waals surface area contributed by atoms with E-state index in [-0.39, 0.29) is 10.8 Å². The van der Waals surface area contributed by atoms with Crippen molar-refractivity contribution >= 4 is 28.9 Å². The van der Waals surface area contributed by atoms with Gasteiger partial charge in [0.05, 0.1) is 0 Å². The number of thiocarbonyl (C=S) groups is 1. The number of benzene rings is 1. The highest BCUT2D eigenvalue weighted by Gasteiger charge is 2.33. The molecule has 0 unspecified atom stereocenters. The Kier molecular flexibility index (Phi) is 3.94. The maximum absolute atomic E-state index is 12.4. The van der Waals surface area contributed by atoms with Crippen LogP contribution >= 0.6 is 12.2 Å². The molecule has 0 bridgehead atoms. The maximum Gasteiger partial charge on any atom is 0.432 e. The van der Waals surface area contributed by atoms with Crippen molar-refractivity contribution < 1.29 is 18.0 Å². The van der Waals surface area contributed by atoms with Crippen molar-refractivity contribution in [3.63, 3.8) is 0 Å². The van der Waals surface area contributed by atoms with Crippen LogP contribution in [-0.2, 0) is 6.18 Å². The lowest BCUT2D eigenvalue weighted by Gasteiger charge is -2.05. The van der Waals surface area contributed by atoms with E-state index in [9.17, 15) is 18.0 Å². The summed E-state index contributed by atoms with van der Waals surface area (Å²) < 4.78 is 37.2. The number of hydrogen-bond donors (Lipinski definition) is 3. The Labute approximate surface area is 122 Å². The van der Waals surface area contributed by atoms with Gasteiger partial charge >= 0.3 is 6.18 Å². The van der Waals surface area contributed by atoms with Gasteiger partial charge in [-0.05, 0) is 12.1 Å². The number of primary amides is 1. The third-order valence-electron chi connectivity index (χ3n) is 2.56. The number of nitrogens with zero attached hydrogens (tertiary/aromatic N) is 1. The van der Waals surface area contributed by atoms with Gasteiger partial charge in [-0.3, -0.25) is 9.89 Å². The van der Waals surface area contributed by atoms with Crippen molar-refractivity contribution in [2.45, 2.75) is 6.18 Å². The summed E-state index contributed by atoms with van der Waals surface area (Å²) >= 11 is 5.05. The molecule has 1 aromatic carbocycles. The fourth-order valence-electron chi connectivity index (χ4n) is 1.51. The van der Waals surface area contributed by atoms with Gasteiger partial charge in [0.15, 0.2) is 5.82 Å². The van der Waals surface area contributed by atoms with E-state index in [2.05, 4.69) is 10.4 Å². The second kappa shape index (κ2) is 5.52. The predicted molar refractivity (Wildman–Crippen MR) is 73.9 cm³/mol. The molecule has 9 heteroatoms. The molecule has 0 aliphatic heterocycles. The van der Waals surface area contributed by atoms with Crippen molar-refractivity contribution in [2.75, 3.05) is 5.32 Å². The molecule has 1 aromatic heterocycles. The van der Waals surface area contributed by atoms with Crippen LogP contribution in [0.1, 0.15) is 21.6 Å². The largest absolute Gasteiger partial charge is 0.432 e. The van der Waals surface area contributed by atoms with Crippen LogP contribution in [0, 0.1) is 0 Å². The number of hydrogen-bond acceptors (Lipinski definition) is 3. The minimum atomic E-state index is -4.50. The summed E-state index contributed by atoms with van der Waals surface area (Å²) in [5.74, 6) is -0.631. The SMILES string of the molecule is NC(=O)c1ccc(C(=S)Nc2cc(C(F)(F)F)[nH]n2)cc1. The summed E-state index contributed by atoms with van der Waals surface area (Å²) in [6, 6.07) is 6.82. The number of carbonyl (C=O) groups is 1. The van der Waals surface area contributed by atoms with Crippen LogP contribution in [0.3, 0.4) is 0 Å². The minimum Gasteiger partial charge on any atom is -0.366 e. The van der Waals surface area contributed by atoms with Gasteiger partial charge in [0.2, 0.25) is 5.91 Å². The Morgan fingerprint density at radius 1 is 1.24 bits per heavy atom. The molecule has 0 saturated heterocycles. The molecule has 0 spiro atoms. The third kappa shape index (κ3) is 3.57. The van der Waals surface area contributed by atoms with Crippen LogP contribution in [-0.4, -0.2) is 21.1 Å². The number of rotatable bonds is 3. The summed E-state index contributed by atoms with van der Waals surface area (Å²) in [5.41, 5.74) is 4.95. The number of amides is 1. The number of aromatic nitrogens is 2. The number of nitrogens with one attached hydrogen (secondary N) is 2. The normalized spacial score (nSPS) is 11.2. The van der Waals surface area contributed by atoms with E-state index >= 15 is 0 Å². The van der Waals surface area contributed by atoms with Gasteiger partial charge in [-0.2, -0.15) is 18.3 Å². The lowest BCUT2D eigenvalue weighted by molar-refractivity contribution is -0.141. The molecule has 0 radical (unpaired) electrons. The van der Waals surface area contributed by atoms with Gasteiger partial charge in [0.1, 0.15) is 10.7 Å². The zero-order chi connectivity index (χ0) is 15.6. The summed E-state index contributed by atoms with van der Waals surface area (Å²) in [5, 5.41) is 7.92. The van der Waals surface area contributed by atoms with Gasteiger partial charge in [-0.15, -0.1) is 0 Å². The minimum absolute atomic E-state index is 0.0497. The van der Waals surface area contributed by atoms with Gasteiger partial charge in [-0.1, -0.05) is 24.4 Å². The van der Waals surface area contributed by atoms with Crippen molar-refractivity contribution in [1.82, 2.24) is 10.2 Å². The Hall–Kier alpha value is -2.42. The number of carbonyl (C=O) groups excluding carboxylic acids is 1. The molecule has 4 N–H and O–H groups in total. The number of H-pyrrole nitrogens is 1. The third-order valence-corrected chi connectivity index (χ3v) is 2.89. The summed E-state index contributed by atoms with van der Waals surface area (Å²) in [4.78, 5) is 11.1. The summed E-state index contributed by atoms with van der Waals surface area (Å²) in [6.45, 7) is 0. The Bertz CT molecular complexity index is 679. The van der Waals surface area contributed by atoms with Crippen molar-refractivity contribution in [3.8, 4) is 0 Å². The molecular formula is C12H9F3N4OS. The highest BCUT2D eigenvalue weighted by molar-refractivity contribution is 7.81. The van der Waals surface area contributed by atoms with E-state index in [1.54, 1.807) is 0 Å². The number of halogens is 3. The zero-order valence-electron chi connectivity index (χ0n) is 10.4. The molecule has 110 valence electrons. The van der Waals surface area contributed by atoms with Crippen LogP contribution in [0.4, 0.5) is 19.0 Å². The molecule has 2 aromatic rings. The standard InChI is InChI=1S/C12H9F3N4OS/c13-12(14,15)8-5-9(19-18-8)17-11(21)7-3-1-6(2-4-7)10(16)20/h1-5H,(H2,16,20)(H2,17,18,19,21). The lowest BCUT2D eigenvalue weighted by Crippen LogP contribution is -2.13. The second-order valence-electron chi connectivity index (χ2n) is 4.06. The first kappa shape index (κ1) is 15.0. The van der Waals surface area contributed by atoms with Gasteiger partial charge in [0.25, 0.3) is 0 Å². The van der Waals surface area contributed by atoms with Crippen molar-refractivity contribution in [3.05, 3.63) is 47.2 Å². The van der Waals surface area contributed by atoms with Gasteiger partial charge in [-0.25, -0.2) is 0 Å². The van der Waals surface area contributed by atoms with E-state index in [0.29, 0.717) is 11.1 Å². The van der Waals surface area contributed by atoms with Gasteiger partial charge in [0, 0.05) is 17.2 Å². The molecule has 21 heavy (non-hydrogen) atoms. The molecule has 2 rings (SSSR count). The smallest absolute Gasteiger partial charge is 0.366 e. The Morgan fingerprint density at radius 2 is 1.81 bits per heavy atom. The molecule has 1 amide bonds. The van der Waals surface area contributed by atoms with Crippen LogP contribution in [0.15, 0.2) is 30.3 Å². The number of alkyl halides is 3. The van der Waals surface area contributed by atoms with Crippen LogP contribution < -0.4 is 11.1 Å². The topological polar surface area (TPSA) is 83.8 Å². The first-order chi connectivity index (χ1) is 9.77. The summed E-state index contributed by atoms with van der Waals surface area (Å²) in [7, 11) is 0. The van der Waals surface area contributed by atoms with E-state index in [1.807, 2.05) is 5.10 Å². The molecule has 0 fully saturated rings. The highest BCUT2D eigenvalue weighted by Crippen LogP contribution is 2.28. The second-order valence-corrected chi connectivity index (χ2v) is 4.47. The molecule has 0 aliphatic rings. The molecule has 0 atom stereocenters. The predicted octanol–water partition coefficient (Wildman–Crippen LogP) is 2.32. The number of anilines is 1. The first-order valence-electron chi connectivity index (χ1n) is 5.61. The van der Waals surface area contributed by atoms with Crippen LogP contribution in [0.25, 0.3) is 0 Å². The summed E-state index contributed by atoms with van der Waals surface area (Å²) in [6.07, 6.45) is -4.50. The van der Waals surface area contributed by atoms with E-state index in [1.165, 1.54) is 24.3 Å². The fraction of sp³-hybridized carbons (Fsp3) is 0.0833. The van der Waals surface area contributed by atoms with Crippen LogP contribution in [0.5, 0.6) is 0 Å². The van der Waals surface area contributed by atoms with Gasteiger partial charge < -0.3 is 11.1 Å². The van der Waals surface area contributed by atoms with E-state index in [0.717, 1.165) is 6.07 Å². The van der Waals surface area contributed by atoms with Crippen LogP contribution in [0.2, 0.25) is 0 Å². The Balaban J connectivity index is 2.11. The fourth-order valence-corrected chi connectivity index (χ4v) is 1.75. The average Bonchev–Trinajstić information content (AvgIpc) is 2.87. The molecular weight excluding hydrogens is 305 g/mol. The first-order valence-corrected chi connectivity index (χ1v) is 6.02. The quantitative estimate of drug-likeness (QED) is 0.759.